The van der Waals surface area contributed by atoms with E-state index < -0.39 is 0 Å². The van der Waals surface area contributed by atoms with Crippen LogP contribution in [0.3, 0.4) is 0 Å². The summed E-state index contributed by atoms with van der Waals surface area (Å²) in [5, 5.41) is 3.77. The Bertz CT molecular complexity index is 744. The van der Waals surface area contributed by atoms with Gasteiger partial charge in [0.05, 0.1) is 5.02 Å². The number of halogens is 2. The van der Waals surface area contributed by atoms with Gasteiger partial charge in [0.15, 0.2) is 6.61 Å². The smallest absolute Gasteiger partial charge is 0.258 e. The molecule has 0 aromatic heterocycles. The fourth-order valence-corrected chi connectivity index (χ4v) is 3.43. The van der Waals surface area contributed by atoms with Crippen LogP contribution in [0.2, 0.25) is 10.0 Å². The number of ether oxygens (including phenoxy) is 1. The molecule has 26 heavy (non-hydrogen) atoms. The number of hydrogen-bond donors (Lipinski definition) is 1. The molecular formula is C20H22Cl2N2O2. The van der Waals surface area contributed by atoms with Crippen LogP contribution >= 0.6 is 23.2 Å². The van der Waals surface area contributed by atoms with E-state index in [1.165, 1.54) is 24.9 Å². The van der Waals surface area contributed by atoms with Crippen LogP contribution in [0.1, 0.15) is 24.8 Å². The normalized spacial score (nSPS) is 14.2. The molecule has 138 valence electrons. The van der Waals surface area contributed by atoms with E-state index in [2.05, 4.69) is 34.5 Å². The number of hydrogen-bond acceptors (Lipinski definition) is 3. The largest absolute Gasteiger partial charge is 0.482 e. The molecule has 1 aliphatic rings. The Morgan fingerprint density at radius 2 is 1.77 bits per heavy atom. The molecule has 1 amide bonds. The molecule has 2 aromatic carbocycles. The Balaban J connectivity index is 1.45. The first-order chi connectivity index (χ1) is 12.6. The molecule has 0 radical (unpaired) electrons. The lowest BCUT2D eigenvalue weighted by Crippen LogP contribution is -2.29. The first kappa shape index (κ1) is 18.9. The van der Waals surface area contributed by atoms with Gasteiger partial charge in [-0.1, -0.05) is 35.3 Å². The first-order valence-corrected chi connectivity index (χ1v) is 9.56. The molecule has 4 nitrogen and oxygen atoms in total. The molecule has 0 spiro atoms. The van der Waals surface area contributed by atoms with Crippen molar-refractivity contribution in [2.45, 2.75) is 25.8 Å². The molecule has 0 aliphatic carbocycles. The van der Waals surface area contributed by atoms with Gasteiger partial charge in [-0.05, 0) is 55.2 Å². The minimum absolute atomic E-state index is 0.0901. The minimum atomic E-state index is -0.198. The van der Waals surface area contributed by atoms with Crippen molar-refractivity contribution in [2.75, 3.05) is 24.6 Å². The fraction of sp³-hybridized carbons (Fsp3) is 0.350. The average molecular weight is 393 g/mol. The molecule has 6 heteroatoms. The Morgan fingerprint density at radius 3 is 2.46 bits per heavy atom. The van der Waals surface area contributed by atoms with Crippen molar-refractivity contribution in [1.29, 1.82) is 0 Å². The highest BCUT2D eigenvalue weighted by molar-refractivity contribution is 6.35. The number of nitrogens with one attached hydrogen (secondary N) is 1. The first-order valence-electron chi connectivity index (χ1n) is 8.80. The van der Waals surface area contributed by atoms with Crippen molar-refractivity contribution in [3.8, 4) is 5.75 Å². The second-order valence-corrected chi connectivity index (χ2v) is 7.20. The zero-order valence-corrected chi connectivity index (χ0v) is 16.0. The molecule has 0 unspecified atom stereocenters. The van der Waals surface area contributed by atoms with Gasteiger partial charge in [-0.2, -0.15) is 0 Å². The third kappa shape index (κ3) is 5.29. The number of benzene rings is 2. The number of anilines is 1. The minimum Gasteiger partial charge on any atom is -0.482 e. The summed E-state index contributed by atoms with van der Waals surface area (Å²) in [6.45, 7) is 2.63. The number of amides is 1. The second-order valence-electron chi connectivity index (χ2n) is 6.35. The Labute approximate surface area is 164 Å². The molecule has 3 rings (SSSR count). The summed E-state index contributed by atoms with van der Waals surface area (Å²) in [5.41, 5.74) is 2.31. The van der Waals surface area contributed by atoms with Crippen molar-refractivity contribution < 1.29 is 9.53 Å². The van der Waals surface area contributed by atoms with Crippen LogP contribution in [0.5, 0.6) is 5.75 Å². The molecule has 2 aromatic rings. The molecule has 1 fully saturated rings. The lowest BCUT2D eigenvalue weighted by molar-refractivity contribution is -0.123. The summed E-state index contributed by atoms with van der Waals surface area (Å²) < 4.78 is 5.43. The third-order valence-electron chi connectivity index (χ3n) is 4.40. The van der Waals surface area contributed by atoms with Crippen molar-refractivity contribution in [2.24, 2.45) is 0 Å². The summed E-state index contributed by atoms with van der Waals surface area (Å²) in [6, 6.07) is 13.3. The maximum absolute atomic E-state index is 12.0. The number of carbonyl (C=O) groups is 1. The van der Waals surface area contributed by atoms with Crippen LogP contribution in [-0.4, -0.2) is 25.6 Å². The Kier molecular flexibility index (Phi) is 6.64. The predicted molar refractivity (Wildman–Crippen MR) is 106 cm³/mol. The topological polar surface area (TPSA) is 41.6 Å². The van der Waals surface area contributed by atoms with Crippen LogP contribution in [0.15, 0.2) is 42.5 Å². The van der Waals surface area contributed by atoms with E-state index in [-0.39, 0.29) is 12.5 Å². The maximum atomic E-state index is 12.0. The highest BCUT2D eigenvalue weighted by Crippen LogP contribution is 2.27. The quantitative estimate of drug-likeness (QED) is 0.775. The SMILES string of the molecule is O=C(COc1ccc(Cl)cc1Cl)NCc1ccc(N2CCCCC2)cc1. The standard InChI is InChI=1S/C20H22Cl2N2O2/c21-16-6-9-19(18(22)12-16)26-14-20(25)23-13-15-4-7-17(8-5-15)24-10-2-1-3-11-24/h4-9,12H,1-3,10-11,13-14H2,(H,23,25). The zero-order chi connectivity index (χ0) is 18.4. The van der Waals surface area contributed by atoms with Crippen LogP contribution in [0.25, 0.3) is 0 Å². The van der Waals surface area contributed by atoms with Gasteiger partial charge in [0.2, 0.25) is 0 Å². The van der Waals surface area contributed by atoms with Crippen LogP contribution in [0.4, 0.5) is 5.69 Å². The average Bonchev–Trinajstić information content (AvgIpc) is 2.67. The molecule has 0 bridgehead atoms. The van der Waals surface area contributed by atoms with Gasteiger partial charge in [0.25, 0.3) is 5.91 Å². The van der Waals surface area contributed by atoms with Crippen LogP contribution in [-0.2, 0) is 11.3 Å². The molecule has 1 aliphatic heterocycles. The van der Waals surface area contributed by atoms with E-state index in [9.17, 15) is 4.79 Å². The van der Waals surface area contributed by atoms with E-state index in [1.54, 1.807) is 18.2 Å². The van der Waals surface area contributed by atoms with Gasteiger partial charge in [-0.25, -0.2) is 0 Å². The Morgan fingerprint density at radius 1 is 1.04 bits per heavy atom. The number of nitrogens with zero attached hydrogens (tertiary/aromatic N) is 1. The van der Waals surface area contributed by atoms with Gasteiger partial charge in [-0.3, -0.25) is 4.79 Å². The molecule has 1 N–H and O–H groups in total. The highest BCUT2D eigenvalue weighted by atomic mass is 35.5. The highest BCUT2D eigenvalue weighted by Gasteiger charge is 2.11. The number of carbonyl (C=O) groups excluding carboxylic acids is 1. The van der Waals surface area contributed by atoms with E-state index >= 15 is 0 Å². The molecular weight excluding hydrogens is 371 g/mol. The maximum Gasteiger partial charge on any atom is 0.258 e. The van der Waals surface area contributed by atoms with E-state index in [1.807, 2.05) is 0 Å². The van der Waals surface area contributed by atoms with Crippen molar-refractivity contribution >= 4 is 34.8 Å². The second kappa shape index (κ2) is 9.15. The molecule has 1 saturated heterocycles. The van der Waals surface area contributed by atoms with Gasteiger partial charge in [0.1, 0.15) is 5.75 Å². The van der Waals surface area contributed by atoms with E-state index in [0.29, 0.717) is 22.3 Å². The monoisotopic (exact) mass is 392 g/mol. The van der Waals surface area contributed by atoms with Crippen LogP contribution < -0.4 is 15.0 Å². The summed E-state index contributed by atoms with van der Waals surface area (Å²) in [7, 11) is 0. The van der Waals surface area contributed by atoms with E-state index in [4.69, 9.17) is 27.9 Å². The molecule has 0 atom stereocenters. The predicted octanol–water partition coefficient (Wildman–Crippen LogP) is 4.68. The zero-order valence-electron chi connectivity index (χ0n) is 14.5. The lowest BCUT2D eigenvalue weighted by atomic mass is 10.1. The van der Waals surface area contributed by atoms with Crippen LogP contribution in [0, 0.1) is 0 Å². The van der Waals surface area contributed by atoms with Gasteiger partial charge in [0, 0.05) is 30.3 Å². The summed E-state index contributed by atoms with van der Waals surface area (Å²) >= 11 is 11.9. The summed E-state index contributed by atoms with van der Waals surface area (Å²) in [6.07, 6.45) is 3.84. The summed E-state index contributed by atoms with van der Waals surface area (Å²) in [5.74, 6) is 0.244. The third-order valence-corrected chi connectivity index (χ3v) is 4.93. The van der Waals surface area contributed by atoms with Crippen molar-refractivity contribution in [1.82, 2.24) is 5.32 Å². The van der Waals surface area contributed by atoms with Crippen molar-refractivity contribution in [3.63, 3.8) is 0 Å². The van der Waals surface area contributed by atoms with Crippen molar-refractivity contribution in [3.05, 3.63) is 58.1 Å². The summed E-state index contributed by atoms with van der Waals surface area (Å²) in [4.78, 5) is 14.4. The van der Waals surface area contributed by atoms with Gasteiger partial charge >= 0.3 is 0 Å². The number of rotatable bonds is 6. The van der Waals surface area contributed by atoms with E-state index in [0.717, 1.165) is 18.7 Å². The van der Waals surface area contributed by atoms with Gasteiger partial charge in [-0.15, -0.1) is 0 Å². The molecule has 0 saturated carbocycles. The van der Waals surface area contributed by atoms with Gasteiger partial charge < -0.3 is 15.0 Å². The lowest BCUT2D eigenvalue weighted by Gasteiger charge is -2.28. The fourth-order valence-electron chi connectivity index (χ4n) is 2.96. The molecule has 1 heterocycles. The Hall–Kier alpha value is -1.91. The number of piperidine rings is 1.